The number of carbonyl (C=O) groups excluding carboxylic acids is 1. The molecule has 0 saturated heterocycles. The summed E-state index contributed by atoms with van der Waals surface area (Å²) >= 11 is 0. The molecule has 1 amide bonds. The Bertz CT molecular complexity index is 1090. The number of nitro groups is 1. The molecular formula is C22H23N3O7. The van der Waals surface area contributed by atoms with Crippen molar-refractivity contribution in [1.29, 1.82) is 5.26 Å². The van der Waals surface area contributed by atoms with Gasteiger partial charge in [0.05, 0.1) is 12.0 Å². The van der Waals surface area contributed by atoms with Gasteiger partial charge in [0.2, 0.25) is 5.75 Å². The van der Waals surface area contributed by atoms with Crippen LogP contribution in [-0.2, 0) is 11.2 Å². The van der Waals surface area contributed by atoms with Crippen LogP contribution < -0.4 is 4.74 Å². The number of rotatable bonds is 9. The van der Waals surface area contributed by atoms with Crippen LogP contribution in [0.5, 0.6) is 17.2 Å². The minimum Gasteiger partial charge on any atom is -0.506 e. The Kier molecular flexibility index (Phi) is 8.01. The number of nitrogens with zero attached hydrogens (tertiary/aromatic N) is 3. The third kappa shape index (κ3) is 5.26. The standard InChI is InChI=1S/C22H23N3O7/c1-3-24(10-6-8-14-7-4-5-9-19(14)32-2)22(29)16(13-23)20(27)15-11-17(25(30)31)21(28)18(26)12-15/h4-5,7,9,11-12,26-28H,3,6,8,10H2,1-2H3/b20-16-. The summed E-state index contributed by atoms with van der Waals surface area (Å²) in [7, 11) is 1.57. The van der Waals surface area contributed by atoms with E-state index in [0.717, 1.165) is 23.4 Å². The number of benzene rings is 2. The summed E-state index contributed by atoms with van der Waals surface area (Å²) in [4.78, 5) is 24.3. The number of methoxy groups -OCH3 is 1. The van der Waals surface area contributed by atoms with E-state index in [0.29, 0.717) is 12.8 Å². The lowest BCUT2D eigenvalue weighted by Crippen LogP contribution is -2.33. The molecule has 0 heterocycles. The Balaban J connectivity index is 2.26. The van der Waals surface area contributed by atoms with Crippen LogP contribution in [0.4, 0.5) is 5.69 Å². The lowest BCUT2D eigenvalue weighted by Gasteiger charge is -2.21. The van der Waals surface area contributed by atoms with Crippen LogP contribution in [0.3, 0.4) is 0 Å². The van der Waals surface area contributed by atoms with E-state index in [2.05, 4.69) is 0 Å². The zero-order valence-corrected chi connectivity index (χ0v) is 17.6. The van der Waals surface area contributed by atoms with Gasteiger partial charge >= 0.3 is 5.69 Å². The van der Waals surface area contributed by atoms with Gasteiger partial charge in [0.1, 0.15) is 17.6 Å². The number of aliphatic hydroxyl groups is 1. The Hall–Kier alpha value is -4.26. The number of phenols is 2. The number of aliphatic hydroxyl groups excluding tert-OH is 1. The number of phenolic OH excluding ortho intramolecular Hbond substituents is 2. The molecule has 0 bridgehead atoms. The van der Waals surface area contributed by atoms with Gasteiger partial charge < -0.3 is 25.0 Å². The first-order valence-corrected chi connectivity index (χ1v) is 9.70. The van der Waals surface area contributed by atoms with Gasteiger partial charge in [0.25, 0.3) is 5.91 Å². The Morgan fingerprint density at radius 3 is 2.56 bits per heavy atom. The van der Waals surface area contributed by atoms with Crippen LogP contribution in [0.25, 0.3) is 5.76 Å². The number of carbonyl (C=O) groups is 1. The van der Waals surface area contributed by atoms with E-state index in [9.17, 15) is 35.5 Å². The first kappa shape index (κ1) is 24.0. The molecule has 2 aromatic carbocycles. The predicted octanol–water partition coefficient (Wildman–Crippen LogP) is 3.29. The summed E-state index contributed by atoms with van der Waals surface area (Å²) in [6.07, 6.45) is 1.17. The summed E-state index contributed by atoms with van der Waals surface area (Å²) in [5.41, 5.74) is -0.893. The van der Waals surface area contributed by atoms with Crippen molar-refractivity contribution in [2.75, 3.05) is 20.2 Å². The molecule has 0 aromatic heterocycles. The van der Waals surface area contributed by atoms with E-state index < -0.39 is 39.3 Å². The van der Waals surface area contributed by atoms with Crippen molar-refractivity contribution in [1.82, 2.24) is 4.90 Å². The molecule has 0 spiro atoms. The summed E-state index contributed by atoms with van der Waals surface area (Å²) in [6.45, 7) is 2.25. The van der Waals surface area contributed by atoms with Gasteiger partial charge in [0, 0.05) is 24.7 Å². The number of amides is 1. The van der Waals surface area contributed by atoms with Crippen molar-refractivity contribution >= 4 is 17.4 Å². The number of hydrogen-bond acceptors (Lipinski definition) is 8. The normalized spacial score (nSPS) is 11.3. The number of aryl methyl sites for hydroxylation is 1. The molecule has 0 radical (unpaired) electrons. The van der Waals surface area contributed by atoms with Crippen LogP contribution in [0.15, 0.2) is 42.0 Å². The summed E-state index contributed by atoms with van der Waals surface area (Å²) in [5.74, 6) is -2.72. The van der Waals surface area contributed by atoms with E-state index in [4.69, 9.17) is 4.74 Å². The monoisotopic (exact) mass is 441 g/mol. The smallest absolute Gasteiger partial charge is 0.315 e. The van der Waals surface area contributed by atoms with Crippen molar-refractivity contribution in [2.45, 2.75) is 19.8 Å². The molecule has 0 unspecified atom stereocenters. The van der Waals surface area contributed by atoms with Crippen LogP contribution in [0.2, 0.25) is 0 Å². The van der Waals surface area contributed by atoms with Crippen molar-refractivity contribution in [3.05, 3.63) is 63.2 Å². The number of aromatic hydroxyl groups is 2. The second-order valence-corrected chi connectivity index (χ2v) is 6.76. The first-order chi connectivity index (χ1) is 15.2. The van der Waals surface area contributed by atoms with Gasteiger partial charge in [-0.2, -0.15) is 5.26 Å². The molecule has 0 aliphatic carbocycles. The van der Waals surface area contributed by atoms with Crippen molar-refractivity contribution in [3.8, 4) is 23.3 Å². The Morgan fingerprint density at radius 2 is 1.97 bits per heavy atom. The maximum atomic E-state index is 12.9. The molecule has 3 N–H and O–H groups in total. The number of para-hydroxylation sites is 1. The minimum atomic E-state index is -0.983. The molecule has 0 aliphatic rings. The van der Waals surface area contributed by atoms with E-state index in [-0.39, 0.29) is 18.7 Å². The third-order valence-electron chi connectivity index (χ3n) is 4.84. The van der Waals surface area contributed by atoms with Gasteiger partial charge in [-0.05, 0) is 37.5 Å². The fourth-order valence-electron chi connectivity index (χ4n) is 3.16. The largest absolute Gasteiger partial charge is 0.506 e. The molecule has 32 heavy (non-hydrogen) atoms. The highest BCUT2D eigenvalue weighted by Crippen LogP contribution is 2.38. The molecular weight excluding hydrogens is 418 g/mol. The topological polar surface area (TPSA) is 157 Å². The Labute approximate surface area is 184 Å². The van der Waals surface area contributed by atoms with Gasteiger partial charge in [-0.1, -0.05) is 18.2 Å². The molecule has 0 saturated carbocycles. The minimum absolute atomic E-state index is 0.254. The van der Waals surface area contributed by atoms with Crippen molar-refractivity contribution < 1.29 is 29.8 Å². The van der Waals surface area contributed by atoms with E-state index >= 15 is 0 Å². The number of nitro benzene ring substituents is 1. The number of likely N-dealkylation sites (N-methyl/N-ethyl adjacent to an activating group) is 1. The average molecular weight is 441 g/mol. The number of nitriles is 1. The number of ether oxygens (including phenoxy) is 1. The third-order valence-corrected chi connectivity index (χ3v) is 4.84. The van der Waals surface area contributed by atoms with Crippen molar-refractivity contribution in [2.24, 2.45) is 0 Å². The molecule has 0 atom stereocenters. The van der Waals surface area contributed by atoms with Crippen LogP contribution in [-0.4, -0.2) is 51.2 Å². The maximum Gasteiger partial charge on any atom is 0.315 e. The SMILES string of the molecule is CCN(CCCc1ccccc1OC)C(=O)/C(C#N)=C(\O)c1cc(O)c(O)c([N+](=O)[O-])c1. The lowest BCUT2D eigenvalue weighted by atomic mass is 10.1. The summed E-state index contributed by atoms with van der Waals surface area (Å²) < 4.78 is 5.31. The van der Waals surface area contributed by atoms with Gasteiger partial charge in [-0.25, -0.2) is 0 Å². The van der Waals surface area contributed by atoms with E-state index in [1.807, 2.05) is 24.3 Å². The maximum absolute atomic E-state index is 12.9. The quantitative estimate of drug-likeness (QED) is 0.134. The molecule has 0 aliphatic heterocycles. The predicted molar refractivity (Wildman–Crippen MR) is 115 cm³/mol. The van der Waals surface area contributed by atoms with E-state index in [1.165, 1.54) is 4.90 Å². The van der Waals surface area contributed by atoms with Crippen molar-refractivity contribution in [3.63, 3.8) is 0 Å². The highest BCUT2D eigenvalue weighted by Gasteiger charge is 2.25. The molecule has 10 nitrogen and oxygen atoms in total. The van der Waals surface area contributed by atoms with Gasteiger partial charge in [0.15, 0.2) is 11.3 Å². The summed E-state index contributed by atoms with van der Waals surface area (Å²) in [5, 5.41) is 50.3. The van der Waals surface area contributed by atoms with Crippen LogP contribution >= 0.6 is 0 Å². The average Bonchev–Trinajstić information content (AvgIpc) is 2.78. The van der Waals surface area contributed by atoms with Gasteiger partial charge in [-0.15, -0.1) is 0 Å². The molecule has 168 valence electrons. The van der Waals surface area contributed by atoms with Crippen LogP contribution in [0.1, 0.15) is 24.5 Å². The first-order valence-electron chi connectivity index (χ1n) is 9.70. The second kappa shape index (κ2) is 10.7. The number of hydrogen-bond donors (Lipinski definition) is 3. The molecule has 2 aromatic rings. The molecule has 2 rings (SSSR count). The zero-order valence-electron chi connectivity index (χ0n) is 17.6. The fourth-order valence-corrected chi connectivity index (χ4v) is 3.16. The summed E-state index contributed by atoms with van der Waals surface area (Å²) in [6, 6.07) is 10.7. The lowest BCUT2D eigenvalue weighted by molar-refractivity contribution is -0.386. The fraction of sp³-hybridized carbons (Fsp3) is 0.273. The van der Waals surface area contributed by atoms with Crippen LogP contribution in [0, 0.1) is 21.4 Å². The van der Waals surface area contributed by atoms with Gasteiger partial charge in [-0.3, -0.25) is 14.9 Å². The zero-order chi connectivity index (χ0) is 23.8. The molecule has 0 fully saturated rings. The molecule has 10 heteroatoms. The highest BCUT2D eigenvalue weighted by molar-refractivity contribution is 6.03. The Morgan fingerprint density at radius 1 is 1.28 bits per heavy atom. The van der Waals surface area contributed by atoms with E-state index in [1.54, 1.807) is 20.1 Å². The second-order valence-electron chi connectivity index (χ2n) is 6.76. The highest BCUT2D eigenvalue weighted by atomic mass is 16.6.